The molecule has 25 heavy (non-hydrogen) atoms. The van der Waals surface area contributed by atoms with E-state index in [-0.39, 0.29) is 12.5 Å². The van der Waals surface area contributed by atoms with Gasteiger partial charge >= 0.3 is 0 Å². The van der Waals surface area contributed by atoms with Crippen LogP contribution < -0.4 is 10.1 Å². The molecule has 0 atom stereocenters. The number of sulfonamides is 1. The van der Waals surface area contributed by atoms with Gasteiger partial charge in [0.25, 0.3) is 5.91 Å². The maximum Gasteiger partial charge on any atom is 0.264 e. The minimum Gasteiger partial charge on any atom is -0.484 e. The Kier molecular flexibility index (Phi) is 5.07. The van der Waals surface area contributed by atoms with Gasteiger partial charge in [0.15, 0.2) is 11.7 Å². The van der Waals surface area contributed by atoms with E-state index in [9.17, 15) is 13.2 Å². The number of carbonyl (C=O) groups is 1. The first-order chi connectivity index (χ1) is 11.8. The molecule has 2 heterocycles. The summed E-state index contributed by atoms with van der Waals surface area (Å²) in [7, 11) is -3.22. The summed E-state index contributed by atoms with van der Waals surface area (Å²) in [4.78, 5) is 17.3. The van der Waals surface area contributed by atoms with E-state index in [1.807, 2.05) is 25.1 Å². The van der Waals surface area contributed by atoms with Gasteiger partial charge in [0.05, 0.1) is 11.9 Å². The van der Waals surface area contributed by atoms with Crippen molar-refractivity contribution >= 4 is 32.4 Å². The van der Waals surface area contributed by atoms with E-state index in [0.717, 1.165) is 16.1 Å². The summed E-state index contributed by atoms with van der Waals surface area (Å²) >= 11 is 1.30. The van der Waals surface area contributed by atoms with Crippen molar-refractivity contribution in [2.75, 3.05) is 24.7 Å². The second kappa shape index (κ2) is 7.11. The van der Waals surface area contributed by atoms with Crippen LogP contribution in [0.1, 0.15) is 16.1 Å². The summed E-state index contributed by atoms with van der Waals surface area (Å²) in [5, 5.41) is 3.18. The number of amides is 1. The molecule has 7 nitrogen and oxygen atoms in total. The summed E-state index contributed by atoms with van der Waals surface area (Å²) < 4.78 is 30.2. The number of carbonyl (C=O) groups excluding carboxylic acids is 1. The quantitative estimate of drug-likeness (QED) is 0.853. The predicted molar refractivity (Wildman–Crippen MR) is 96.4 cm³/mol. The molecule has 2 aromatic rings. The highest BCUT2D eigenvalue weighted by Gasteiger charge is 2.26. The first-order valence-corrected chi connectivity index (χ1v) is 10.4. The Labute approximate surface area is 150 Å². The maximum atomic E-state index is 12.0. The van der Waals surface area contributed by atoms with E-state index in [2.05, 4.69) is 10.3 Å². The Bertz CT molecular complexity index is 893. The van der Waals surface area contributed by atoms with Crippen LogP contribution in [-0.4, -0.2) is 43.0 Å². The minimum atomic E-state index is -3.22. The molecule has 134 valence electrons. The Morgan fingerprint density at radius 2 is 2.24 bits per heavy atom. The van der Waals surface area contributed by atoms with Crippen molar-refractivity contribution in [3.63, 3.8) is 0 Å². The van der Waals surface area contributed by atoms with Gasteiger partial charge in [0.1, 0.15) is 5.75 Å². The predicted octanol–water partition coefficient (Wildman–Crippen LogP) is 1.79. The lowest BCUT2D eigenvalue weighted by Gasteiger charge is -2.23. The van der Waals surface area contributed by atoms with Gasteiger partial charge in [0.2, 0.25) is 10.0 Å². The molecule has 0 spiro atoms. The normalized spacial score (nSPS) is 14.8. The van der Waals surface area contributed by atoms with Gasteiger partial charge in [-0.05, 0) is 24.6 Å². The first kappa shape index (κ1) is 17.8. The third kappa shape index (κ3) is 4.56. The van der Waals surface area contributed by atoms with Gasteiger partial charge < -0.3 is 4.74 Å². The first-order valence-electron chi connectivity index (χ1n) is 7.74. The van der Waals surface area contributed by atoms with Crippen LogP contribution in [0.25, 0.3) is 0 Å². The summed E-state index contributed by atoms with van der Waals surface area (Å²) in [6.07, 6.45) is 1.75. The van der Waals surface area contributed by atoms with E-state index >= 15 is 0 Å². The number of ether oxygens (including phenoxy) is 1. The summed E-state index contributed by atoms with van der Waals surface area (Å²) in [6.45, 7) is 2.57. The third-order valence-electron chi connectivity index (χ3n) is 3.77. The smallest absolute Gasteiger partial charge is 0.264 e. The number of nitrogens with zero attached hydrogens (tertiary/aromatic N) is 2. The Morgan fingerprint density at radius 3 is 2.96 bits per heavy atom. The standard InChI is InChI=1S/C16H19N3O4S2/c1-11-4-3-5-12(8-11)23-10-15(20)18-16-17-13-6-7-19(25(2,21)22)9-14(13)24-16/h3-5,8H,6-7,9-10H2,1-2H3,(H,17,18,20). The SMILES string of the molecule is Cc1cccc(OCC(=O)Nc2nc3c(s2)CN(S(C)(=O)=O)CC3)c1. The molecular weight excluding hydrogens is 362 g/mol. The van der Waals surface area contributed by atoms with E-state index < -0.39 is 10.0 Å². The number of rotatable bonds is 5. The highest BCUT2D eigenvalue weighted by molar-refractivity contribution is 7.88. The van der Waals surface area contributed by atoms with E-state index in [1.54, 1.807) is 6.07 Å². The molecular formula is C16H19N3O4S2. The summed E-state index contributed by atoms with van der Waals surface area (Å²) in [5.41, 5.74) is 1.90. The van der Waals surface area contributed by atoms with Crippen molar-refractivity contribution in [2.45, 2.75) is 19.9 Å². The van der Waals surface area contributed by atoms with Crippen molar-refractivity contribution in [3.05, 3.63) is 40.4 Å². The largest absolute Gasteiger partial charge is 0.484 e. The van der Waals surface area contributed by atoms with Crippen LogP contribution in [0, 0.1) is 6.92 Å². The molecule has 9 heteroatoms. The van der Waals surface area contributed by atoms with E-state index in [0.29, 0.717) is 30.4 Å². The number of aryl methyl sites for hydroxylation is 1. The third-order valence-corrected chi connectivity index (χ3v) is 6.02. The highest BCUT2D eigenvalue weighted by Crippen LogP contribution is 2.29. The molecule has 0 fully saturated rings. The van der Waals surface area contributed by atoms with Crippen LogP contribution >= 0.6 is 11.3 Å². The highest BCUT2D eigenvalue weighted by atomic mass is 32.2. The molecule has 1 amide bonds. The average molecular weight is 381 g/mol. The second-order valence-electron chi connectivity index (χ2n) is 5.89. The van der Waals surface area contributed by atoms with Crippen LogP contribution in [0.2, 0.25) is 0 Å². The van der Waals surface area contributed by atoms with E-state index in [4.69, 9.17) is 4.74 Å². The zero-order chi connectivity index (χ0) is 18.0. The van der Waals surface area contributed by atoms with Crippen molar-refractivity contribution in [1.29, 1.82) is 0 Å². The number of fused-ring (bicyclic) bond motifs is 1. The zero-order valence-corrected chi connectivity index (χ0v) is 15.6. The average Bonchev–Trinajstić information content (AvgIpc) is 2.93. The van der Waals surface area contributed by atoms with Crippen molar-refractivity contribution < 1.29 is 17.9 Å². The lowest BCUT2D eigenvalue weighted by Crippen LogP contribution is -2.34. The van der Waals surface area contributed by atoms with Gasteiger partial charge in [-0.2, -0.15) is 4.31 Å². The van der Waals surface area contributed by atoms with Crippen molar-refractivity contribution in [3.8, 4) is 5.75 Å². The number of thiazole rings is 1. The molecule has 1 aliphatic rings. The number of hydrogen-bond donors (Lipinski definition) is 1. The van der Waals surface area contributed by atoms with Gasteiger partial charge in [-0.3, -0.25) is 10.1 Å². The Morgan fingerprint density at radius 1 is 1.44 bits per heavy atom. The van der Waals surface area contributed by atoms with Crippen LogP contribution in [-0.2, 0) is 27.8 Å². The molecule has 0 aliphatic carbocycles. The van der Waals surface area contributed by atoms with Crippen LogP contribution in [0.5, 0.6) is 5.75 Å². The fraction of sp³-hybridized carbons (Fsp3) is 0.375. The number of benzene rings is 1. The monoisotopic (exact) mass is 381 g/mol. The molecule has 3 rings (SSSR count). The second-order valence-corrected chi connectivity index (χ2v) is 8.95. The molecule has 0 radical (unpaired) electrons. The molecule has 1 aliphatic heterocycles. The number of nitrogens with one attached hydrogen (secondary N) is 1. The molecule has 1 aromatic carbocycles. The van der Waals surface area contributed by atoms with Crippen LogP contribution in [0.15, 0.2) is 24.3 Å². The van der Waals surface area contributed by atoms with Gasteiger partial charge in [-0.25, -0.2) is 13.4 Å². The fourth-order valence-electron chi connectivity index (χ4n) is 2.52. The molecule has 1 aromatic heterocycles. The Balaban J connectivity index is 1.59. The number of aromatic nitrogens is 1. The lowest BCUT2D eigenvalue weighted by molar-refractivity contribution is -0.118. The molecule has 0 bridgehead atoms. The van der Waals surface area contributed by atoms with Crippen molar-refractivity contribution in [1.82, 2.24) is 9.29 Å². The summed E-state index contributed by atoms with van der Waals surface area (Å²) in [6, 6.07) is 7.47. The Hall–Kier alpha value is -1.97. The van der Waals surface area contributed by atoms with Crippen LogP contribution in [0.4, 0.5) is 5.13 Å². The molecule has 0 unspecified atom stereocenters. The lowest BCUT2D eigenvalue weighted by atomic mass is 10.2. The molecule has 1 N–H and O–H groups in total. The molecule has 0 saturated heterocycles. The summed E-state index contributed by atoms with van der Waals surface area (Å²) in [5.74, 6) is 0.338. The van der Waals surface area contributed by atoms with Gasteiger partial charge in [0, 0.05) is 24.4 Å². The van der Waals surface area contributed by atoms with Crippen molar-refractivity contribution in [2.24, 2.45) is 0 Å². The van der Waals surface area contributed by atoms with Gasteiger partial charge in [-0.15, -0.1) is 11.3 Å². The molecule has 0 saturated carbocycles. The minimum absolute atomic E-state index is 0.108. The van der Waals surface area contributed by atoms with E-state index in [1.165, 1.54) is 21.9 Å². The number of hydrogen-bond acceptors (Lipinski definition) is 6. The fourth-order valence-corrected chi connectivity index (χ4v) is 4.43. The van der Waals surface area contributed by atoms with Gasteiger partial charge in [-0.1, -0.05) is 12.1 Å². The van der Waals surface area contributed by atoms with Crippen LogP contribution in [0.3, 0.4) is 0 Å². The number of anilines is 1. The zero-order valence-electron chi connectivity index (χ0n) is 14.0. The maximum absolute atomic E-state index is 12.0. The topological polar surface area (TPSA) is 88.6 Å².